The molecule has 2 N–H and O–H groups in total. The lowest BCUT2D eigenvalue weighted by Gasteiger charge is -2.08. The van der Waals surface area contributed by atoms with Crippen molar-refractivity contribution in [3.05, 3.63) is 41.7 Å². The monoisotopic (exact) mass is 231 g/mol. The molecule has 2 heterocycles. The van der Waals surface area contributed by atoms with Gasteiger partial charge in [0, 0.05) is 17.5 Å². The number of hydrogen-bond donors (Lipinski definition) is 1. The second-order valence-corrected chi connectivity index (χ2v) is 3.72. The molecule has 0 aliphatic rings. The van der Waals surface area contributed by atoms with Crippen molar-refractivity contribution in [3.63, 3.8) is 0 Å². The number of rotatable bonds is 3. The Bertz CT molecular complexity index is 565. The molecule has 2 rings (SSSR count). The molecule has 0 atom stereocenters. The number of hydrogen-bond acceptors (Lipinski definition) is 3. The highest BCUT2D eigenvalue weighted by Crippen LogP contribution is 2.16. The van der Waals surface area contributed by atoms with Gasteiger partial charge in [-0.1, -0.05) is 0 Å². The van der Waals surface area contributed by atoms with Gasteiger partial charge in [-0.2, -0.15) is 0 Å². The maximum atomic E-state index is 10.7. The smallest absolute Gasteiger partial charge is 0.241 e. The van der Waals surface area contributed by atoms with Gasteiger partial charge in [0.25, 0.3) is 0 Å². The maximum absolute atomic E-state index is 10.7. The third-order valence-electron chi connectivity index (χ3n) is 2.50. The van der Waals surface area contributed by atoms with E-state index >= 15 is 0 Å². The number of aromatic nitrogens is 4. The Labute approximate surface area is 98.3 Å². The topological polar surface area (TPSA) is 78.7 Å². The lowest BCUT2D eigenvalue weighted by Crippen LogP contribution is -2.10. The molecule has 1 amide bonds. The standard InChI is InChI=1S/C11H13N5O/c1-8-5-10(3-4-11(12)17)9(2)16(8)15-6-13-14-7-15/h3-7H,1-2H3,(H2,12,17)/b4-3-. The van der Waals surface area contributed by atoms with E-state index in [9.17, 15) is 4.79 Å². The van der Waals surface area contributed by atoms with Gasteiger partial charge in [-0.25, -0.2) is 4.68 Å². The van der Waals surface area contributed by atoms with E-state index < -0.39 is 5.91 Å². The van der Waals surface area contributed by atoms with Gasteiger partial charge in [0.1, 0.15) is 12.7 Å². The summed E-state index contributed by atoms with van der Waals surface area (Å²) < 4.78 is 3.72. The summed E-state index contributed by atoms with van der Waals surface area (Å²) in [5.74, 6) is -0.459. The quantitative estimate of drug-likeness (QED) is 0.781. The van der Waals surface area contributed by atoms with Crippen molar-refractivity contribution in [2.24, 2.45) is 5.73 Å². The van der Waals surface area contributed by atoms with E-state index in [2.05, 4.69) is 10.2 Å². The Morgan fingerprint density at radius 2 is 2.00 bits per heavy atom. The third kappa shape index (κ3) is 2.10. The summed E-state index contributed by atoms with van der Waals surface area (Å²) in [6, 6.07) is 1.97. The van der Waals surface area contributed by atoms with Crippen LogP contribution in [0.25, 0.3) is 6.08 Å². The first-order valence-corrected chi connectivity index (χ1v) is 5.11. The fourth-order valence-corrected chi connectivity index (χ4v) is 1.77. The molecule has 0 aromatic carbocycles. The summed E-state index contributed by atoms with van der Waals surface area (Å²) in [6.07, 6.45) is 6.27. The molecule has 6 nitrogen and oxygen atoms in total. The largest absolute Gasteiger partial charge is 0.366 e. The number of carbonyl (C=O) groups is 1. The summed E-state index contributed by atoms with van der Waals surface area (Å²) in [5.41, 5.74) is 8.02. The lowest BCUT2D eigenvalue weighted by atomic mass is 10.2. The number of amides is 1. The normalized spacial score (nSPS) is 11.2. The molecule has 0 radical (unpaired) electrons. The van der Waals surface area contributed by atoms with Gasteiger partial charge >= 0.3 is 0 Å². The van der Waals surface area contributed by atoms with Gasteiger partial charge in [-0.15, -0.1) is 10.2 Å². The Balaban J connectivity index is 2.46. The highest BCUT2D eigenvalue weighted by atomic mass is 16.1. The molecule has 0 saturated heterocycles. The molecule has 2 aromatic rings. The second-order valence-electron chi connectivity index (χ2n) is 3.72. The predicted molar refractivity (Wildman–Crippen MR) is 63.0 cm³/mol. The second kappa shape index (κ2) is 4.25. The first-order chi connectivity index (χ1) is 8.09. The third-order valence-corrected chi connectivity index (χ3v) is 2.50. The molecule has 17 heavy (non-hydrogen) atoms. The van der Waals surface area contributed by atoms with Crippen LogP contribution in [0.5, 0.6) is 0 Å². The van der Waals surface area contributed by atoms with E-state index in [-0.39, 0.29) is 0 Å². The van der Waals surface area contributed by atoms with Crippen LogP contribution in [0, 0.1) is 13.8 Å². The number of nitrogens with two attached hydrogens (primary N) is 1. The number of primary amides is 1. The highest BCUT2D eigenvalue weighted by molar-refractivity contribution is 5.90. The Morgan fingerprint density at radius 3 is 2.59 bits per heavy atom. The molecule has 0 aliphatic heterocycles. The summed E-state index contributed by atoms with van der Waals surface area (Å²) >= 11 is 0. The first-order valence-electron chi connectivity index (χ1n) is 5.11. The van der Waals surface area contributed by atoms with Crippen LogP contribution in [0.1, 0.15) is 17.0 Å². The van der Waals surface area contributed by atoms with Gasteiger partial charge in [0.15, 0.2) is 0 Å². The summed E-state index contributed by atoms with van der Waals surface area (Å²) in [5, 5.41) is 7.53. The summed E-state index contributed by atoms with van der Waals surface area (Å²) in [7, 11) is 0. The average molecular weight is 231 g/mol. The molecule has 0 aliphatic carbocycles. The van der Waals surface area contributed by atoms with E-state index in [0.29, 0.717) is 0 Å². The van der Waals surface area contributed by atoms with Gasteiger partial charge in [-0.05, 0) is 31.6 Å². The zero-order valence-electron chi connectivity index (χ0n) is 9.66. The van der Waals surface area contributed by atoms with E-state index in [1.54, 1.807) is 23.4 Å². The number of nitrogens with zero attached hydrogens (tertiary/aromatic N) is 4. The van der Waals surface area contributed by atoms with Gasteiger partial charge < -0.3 is 5.73 Å². The van der Waals surface area contributed by atoms with Crippen molar-refractivity contribution in [2.75, 3.05) is 0 Å². The molecule has 0 spiro atoms. The van der Waals surface area contributed by atoms with E-state index in [1.807, 2.05) is 24.6 Å². The molecule has 0 unspecified atom stereocenters. The lowest BCUT2D eigenvalue weighted by molar-refractivity contribution is -0.113. The van der Waals surface area contributed by atoms with E-state index in [4.69, 9.17) is 5.73 Å². The van der Waals surface area contributed by atoms with Crippen LogP contribution in [0.3, 0.4) is 0 Å². The maximum Gasteiger partial charge on any atom is 0.241 e. The van der Waals surface area contributed by atoms with Crippen molar-refractivity contribution < 1.29 is 4.79 Å². The summed E-state index contributed by atoms with van der Waals surface area (Å²) in [6.45, 7) is 3.92. The molecule has 6 heteroatoms. The number of aryl methyl sites for hydroxylation is 1. The highest BCUT2D eigenvalue weighted by Gasteiger charge is 2.08. The molecular weight excluding hydrogens is 218 g/mol. The van der Waals surface area contributed by atoms with Crippen molar-refractivity contribution in [2.45, 2.75) is 13.8 Å². The van der Waals surface area contributed by atoms with Crippen LogP contribution in [0.4, 0.5) is 0 Å². The van der Waals surface area contributed by atoms with E-state index in [1.165, 1.54) is 6.08 Å². The van der Waals surface area contributed by atoms with Crippen molar-refractivity contribution in [3.8, 4) is 0 Å². The Hall–Kier alpha value is -2.37. The first kappa shape index (κ1) is 11.1. The molecule has 88 valence electrons. The van der Waals surface area contributed by atoms with Crippen LogP contribution < -0.4 is 5.73 Å². The minimum absolute atomic E-state index is 0.459. The minimum atomic E-state index is -0.459. The van der Waals surface area contributed by atoms with Crippen molar-refractivity contribution in [1.82, 2.24) is 19.5 Å². The molecule has 0 bridgehead atoms. The van der Waals surface area contributed by atoms with Crippen LogP contribution in [-0.4, -0.2) is 25.5 Å². The van der Waals surface area contributed by atoms with Crippen LogP contribution >= 0.6 is 0 Å². The zero-order valence-corrected chi connectivity index (χ0v) is 9.66. The average Bonchev–Trinajstić information content (AvgIpc) is 2.84. The van der Waals surface area contributed by atoms with Gasteiger partial charge in [-0.3, -0.25) is 9.47 Å². The summed E-state index contributed by atoms with van der Waals surface area (Å²) in [4.78, 5) is 10.7. The predicted octanol–water partition coefficient (Wildman–Crippen LogP) is 0.506. The van der Waals surface area contributed by atoms with Gasteiger partial charge in [0.2, 0.25) is 5.91 Å². The Morgan fingerprint density at radius 1 is 1.35 bits per heavy atom. The Kier molecular flexibility index (Phi) is 2.78. The zero-order chi connectivity index (χ0) is 12.4. The molecular formula is C11H13N5O. The molecule has 2 aromatic heterocycles. The van der Waals surface area contributed by atoms with Gasteiger partial charge in [0.05, 0.1) is 0 Å². The van der Waals surface area contributed by atoms with Crippen LogP contribution in [-0.2, 0) is 4.79 Å². The van der Waals surface area contributed by atoms with Crippen molar-refractivity contribution >= 4 is 12.0 Å². The van der Waals surface area contributed by atoms with E-state index in [0.717, 1.165) is 17.0 Å². The molecule has 0 fully saturated rings. The van der Waals surface area contributed by atoms with Crippen LogP contribution in [0.15, 0.2) is 24.8 Å². The van der Waals surface area contributed by atoms with Crippen LogP contribution in [0.2, 0.25) is 0 Å². The SMILES string of the molecule is Cc1cc(/C=C\C(N)=O)c(C)n1-n1cnnc1. The fourth-order valence-electron chi connectivity index (χ4n) is 1.77. The molecule has 0 saturated carbocycles. The minimum Gasteiger partial charge on any atom is -0.366 e. The van der Waals surface area contributed by atoms with Crippen molar-refractivity contribution in [1.29, 1.82) is 0 Å². The number of carbonyl (C=O) groups excluding carboxylic acids is 1. The fraction of sp³-hybridized carbons (Fsp3) is 0.182.